The Morgan fingerprint density at radius 2 is 2.00 bits per heavy atom. The van der Waals surface area contributed by atoms with Crippen LogP contribution in [0.25, 0.3) is 10.9 Å². The first-order valence-corrected chi connectivity index (χ1v) is 11.5. The number of fused-ring (bicyclic) bond motifs is 1. The molecule has 3 aromatic rings. The molecule has 7 nitrogen and oxygen atoms in total. The lowest BCUT2D eigenvalue weighted by atomic mass is 9.86. The van der Waals surface area contributed by atoms with E-state index in [1.54, 1.807) is 19.2 Å². The molecular formula is C22H23N3O4S. The molecule has 0 aliphatic heterocycles. The summed E-state index contributed by atoms with van der Waals surface area (Å²) in [5.41, 5.74) is 2.82. The average molecular weight is 426 g/mol. The second-order valence-corrected chi connectivity index (χ2v) is 9.89. The van der Waals surface area contributed by atoms with Gasteiger partial charge in [-0.05, 0) is 67.9 Å². The van der Waals surface area contributed by atoms with Crippen molar-refractivity contribution in [2.24, 2.45) is 0 Å². The standard InChI is InChI=1S/C22H23N3O4S/c1-13-15(14-6-7-14)8-9-18(29-2)20(13)22(10-11-22)21(26)25-30(27,28)19-5-3-4-17-16(19)12-23-24-17/h3-5,8-9,12,14H,6-7,10-11H2,1-2H3,(H,23,24)(H,25,26). The monoisotopic (exact) mass is 425 g/mol. The fraction of sp³-hybridized carbons (Fsp3) is 0.364. The Morgan fingerprint density at radius 1 is 1.23 bits per heavy atom. The molecule has 2 N–H and O–H groups in total. The largest absolute Gasteiger partial charge is 0.496 e. The molecule has 0 spiro atoms. The van der Waals surface area contributed by atoms with Gasteiger partial charge in [-0.3, -0.25) is 9.89 Å². The van der Waals surface area contributed by atoms with Gasteiger partial charge in [0.25, 0.3) is 10.0 Å². The number of sulfonamides is 1. The third-order valence-corrected chi connectivity index (χ3v) is 7.72. The highest BCUT2D eigenvalue weighted by molar-refractivity contribution is 7.90. The van der Waals surface area contributed by atoms with Crippen LogP contribution in [0.1, 0.15) is 48.3 Å². The van der Waals surface area contributed by atoms with Crippen LogP contribution in [0.3, 0.4) is 0 Å². The number of aromatic amines is 1. The summed E-state index contributed by atoms with van der Waals surface area (Å²) in [5.74, 6) is 0.659. The zero-order chi connectivity index (χ0) is 21.1. The number of hydrogen-bond donors (Lipinski definition) is 2. The summed E-state index contributed by atoms with van der Waals surface area (Å²) in [6.07, 6.45) is 4.93. The highest BCUT2D eigenvalue weighted by Crippen LogP contribution is 2.55. The quantitative estimate of drug-likeness (QED) is 0.631. The van der Waals surface area contributed by atoms with Crippen LogP contribution in [-0.2, 0) is 20.2 Å². The summed E-state index contributed by atoms with van der Waals surface area (Å²) in [5, 5.41) is 7.12. The van der Waals surface area contributed by atoms with Crippen molar-refractivity contribution in [3.63, 3.8) is 0 Å². The maximum absolute atomic E-state index is 13.3. The van der Waals surface area contributed by atoms with E-state index in [0.29, 0.717) is 35.4 Å². The molecule has 2 fully saturated rings. The van der Waals surface area contributed by atoms with E-state index in [2.05, 4.69) is 21.0 Å². The summed E-state index contributed by atoms with van der Waals surface area (Å²) < 4.78 is 34.1. The first kappa shape index (κ1) is 19.1. The van der Waals surface area contributed by atoms with Crippen molar-refractivity contribution in [1.82, 2.24) is 14.9 Å². The molecule has 2 saturated carbocycles. The number of carbonyl (C=O) groups is 1. The third-order valence-electron chi connectivity index (χ3n) is 6.33. The molecule has 2 aliphatic rings. The minimum absolute atomic E-state index is 0.0355. The Hall–Kier alpha value is -2.87. The topological polar surface area (TPSA) is 101 Å². The van der Waals surface area contributed by atoms with Crippen molar-refractivity contribution >= 4 is 26.8 Å². The normalized spacial score (nSPS) is 17.7. The van der Waals surface area contributed by atoms with Gasteiger partial charge in [-0.25, -0.2) is 13.1 Å². The highest BCUT2D eigenvalue weighted by atomic mass is 32.2. The lowest BCUT2D eigenvalue weighted by molar-refractivity contribution is -0.121. The number of nitrogens with zero attached hydrogens (tertiary/aromatic N) is 1. The first-order chi connectivity index (χ1) is 14.4. The van der Waals surface area contributed by atoms with Crippen molar-refractivity contribution in [1.29, 1.82) is 0 Å². The maximum Gasteiger partial charge on any atom is 0.264 e. The minimum atomic E-state index is -4.05. The summed E-state index contributed by atoms with van der Waals surface area (Å²) in [4.78, 5) is 13.4. The smallest absolute Gasteiger partial charge is 0.264 e. The predicted octanol–water partition coefficient (Wildman–Crippen LogP) is 3.29. The fourth-order valence-corrected chi connectivity index (χ4v) is 5.73. The van der Waals surface area contributed by atoms with Crippen molar-refractivity contribution in [2.45, 2.75) is 48.8 Å². The van der Waals surface area contributed by atoms with E-state index in [4.69, 9.17) is 4.74 Å². The van der Waals surface area contributed by atoms with Crippen molar-refractivity contribution in [2.75, 3.05) is 7.11 Å². The molecule has 0 radical (unpaired) electrons. The number of amides is 1. The van der Waals surface area contributed by atoms with Crippen molar-refractivity contribution in [3.05, 3.63) is 53.2 Å². The maximum atomic E-state index is 13.3. The minimum Gasteiger partial charge on any atom is -0.496 e. The first-order valence-electron chi connectivity index (χ1n) is 10.0. The van der Waals surface area contributed by atoms with Gasteiger partial charge in [-0.1, -0.05) is 12.1 Å². The Morgan fingerprint density at radius 3 is 2.67 bits per heavy atom. The Bertz CT molecular complexity index is 1270. The van der Waals surface area contributed by atoms with Gasteiger partial charge in [-0.15, -0.1) is 0 Å². The Kier molecular flexibility index (Phi) is 4.18. The number of methoxy groups -OCH3 is 1. The number of ether oxygens (including phenoxy) is 1. The van der Waals surface area contributed by atoms with E-state index in [9.17, 15) is 13.2 Å². The summed E-state index contributed by atoms with van der Waals surface area (Å²) in [6, 6.07) is 8.82. The third kappa shape index (κ3) is 2.89. The zero-order valence-electron chi connectivity index (χ0n) is 16.9. The SMILES string of the molecule is COc1ccc(C2CC2)c(C)c1C1(C(=O)NS(=O)(=O)c2cccc3[nH]ncc23)CC1. The number of aromatic nitrogens is 2. The molecule has 156 valence electrons. The van der Waals surface area contributed by atoms with Gasteiger partial charge in [0.2, 0.25) is 5.91 Å². The molecule has 5 rings (SSSR count). The number of H-pyrrole nitrogens is 1. The molecule has 0 atom stereocenters. The van der Waals surface area contributed by atoms with Crippen LogP contribution in [0.15, 0.2) is 41.4 Å². The molecule has 0 bridgehead atoms. The lowest BCUT2D eigenvalue weighted by Crippen LogP contribution is -2.39. The summed E-state index contributed by atoms with van der Waals surface area (Å²) in [6.45, 7) is 2.01. The molecule has 1 aromatic heterocycles. The molecule has 0 unspecified atom stereocenters. The Labute approximate surface area is 174 Å². The van der Waals surface area contributed by atoms with Crippen molar-refractivity contribution < 1.29 is 17.9 Å². The van der Waals surface area contributed by atoms with E-state index in [-0.39, 0.29) is 4.90 Å². The van der Waals surface area contributed by atoms with E-state index < -0.39 is 21.3 Å². The fourth-order valence-electron chi connectivity index (χ4n) is 4.47. The molecule has 8 heteroatoms. The van der Waals surface area contributed by atoms with Gasteiger partial charge < -0.3 is 4.74 Å². The van der Waals surface area contributed by atoms with Gasteiger partial charge in [0.05, 0.1) is 29.1 Å². The van der Waals surface area contributed by atoms with Crippen LogP contribution < -0.4 is 9.46 Å². The van der Waals surface area contributed by atoms with Gasteiger partial charge in [-0.2, -0.15) is 5.10 Å². The highest BCUT2D eigenvalue weighted by Gasteiger charge is 2.55. The Balaban J connectivity index is 1.53. The van der Waals surface area contributed by atoms with Crippen LogP contribution in [0.2, 0.25) is 0 Å². The molecule has 0 saturated heterocycles. The van der Waals surface area contributed by atoms with Gasteiger partial charge in [0.1, 0.15) is 5.75 Å². The van der Waals surface area contributed by atoms with Gasteiger partial charge in [0, 0.05) is 10.9 Å². The molecule has 2 aromatic carbocycles. The van der Waals surface area contributed by atoms with Crippen LogP contribution >= 0.6 is 0 Å². The number of rotatable bonds is 6. The van der Waals surface area contributed by atoms with Crippen LogP contribution in [0, 0.1) is 6.92 Å². The van der Waals surface area contributed by atoms with Crippen molar-refractivity contribution in [3.8, 4) is 5.75 Å². The summed E-state index contributed by atoms with van der Waals surface area (Å²) in [7, 11) is -2.47. The van der Waals surface area contributed by atoms with E-state index >= 15 is 0 Å². The zero-order valence-corrected chi connectivity index (χ0v) is 17.7. The average Bonchev–Trinajstić information content (AvgIpc) is 3.64. The number of benzene rings is 2. The number of carbonyl (C=O) groups excluding carboxylic acids is 1. The second kappa shape index (κ2) is 6.57. The van der Waals surface area contributed by atoms with Crippen LogP contribution in [-0.4, -0.2) is 31.6 Å². The van der Waals surface area contributed by atoms with E-state index in [1.165, 1.54) is 17.8 Å². The summed E-state index contributed by atoms with van der Waals surface area (Å²) >= 11 is 0. The number of hydrogen-bond acceptors (Lipinski definition) is 5. The van der Waals surface area contributed by atoms with E-state index in [0.717, 1.165) is 24.0 Å². The molecular weight excluding hydrogens is 402 g/mol. The van der Waals surface area contributed by atoms with Gasteiger partial charge >= 0.3 is 0 Å². The van der Waals surface area contributed by atoms with Gasteiger partial charge in [0.15, 0.2) is 0 Å². The number of nitrogens with one attached hydrogen (secondary N) is 2. The lowest BCUT2D eigenvalue weighted by Gasteiger charge is -2.23. The molecule has 2 aliphatic carbocycles. The van der Waals surface area contributed by atoms with Crippen LogP contribution in [0.5, 0.6) is 5.75 Å². The molecule has 1 heterocycles. The van der Waals surface area contributed by atoms with Crippen LogP contribution in [0.4, 0.5) is 0 Å². The van der Waals surface area contributed by atoms with E-state index in [1.807, 2.05) is 13.0 Å². The molecule has 1 amide bonds. The predicted molar refractivity (Wildman–Crippen MR) is 112 cm³/mol. The second-order valence-electron chi connectivity index (χ2n) is 8.24. The molecule has 30 heavy (non-hydrogen) atoms.